The number of rotatable bonds is 9. The van der Waals surface area contributed by atoms with Gasteiger partial charge in [0.15, 0.2) is 0 Å². The second-order valence-electron chi connectivity index (χ2n) is 9.79. The van der Waals surface area contributed by atoms with E-state index in [0.717, 1.165) is 41.0 Å². The van der Waals surface area contributed by atoms with E-state index in [0.29, 0.717) is 18.5 Å². The Kier molecular flexibility index (Phi) is 8.21. The molecule has 0 aliphatic heterocycles. The number of hydrogen-bond donors (Lipinski definition) is 3. The third-order valence-corrected chi connectivity index (χ3v) is 7.20. The van der Waals surface area contributed by atoms with E-state index < -0.39 is 17.9 Å². The summed E-state index contributed by atoms with van der Waals surface area (Å²) in [5.74, 6) is -1.30. The molecule has 0 spiro atoms. The SMILES string of the molecule is O=C(O)C(=O)NC(c1ccc(C(=O)NCCc2ccc(Oc3ccccc3)cc2)cc1)C1CCc2ccccc21. The van der Waals surface area contributed by atoms with Gasteiger partial charge in [-0.15, -0.1) is 0 Å². The van der Waals surface area contributed by atoms with Gasteiger partial charge in [-0.2, -0.15) is 0 Å². The van der Waals surface area contributed by atoms with E-state index >= 15 is 0 Å². The zero-order chi connectivity index (χ0) is 27.9. The van der Waals surface area contributed by atoms with Crippen molar-refractivity contribution >= 4 is 17.8 Å². The molecule has 0 bridgehead atoms. The molecule has 202 valence electrons. The summed E-state index contributed by atoms with van der Waals surface area (Å²) in [4.78, 5) is 36.2. The Labute approximate surface area is 232 Å². The fourth-order valence-corrected chi connectivity index (χ4v) is 5.17. The molecule has 0 aromatic heterocycles. The molecule has 1 aliphatic rings. The Morgan fingerprint density at radius 1 is 0.825 bits per heavy atom. The molecule has 0 fully saturated rings. The molecular weight excluding hydrogens is 504 g/mol. The summed E-state index contributed by atoms with van der Waals surface area (Å²) in [6.07, 6.45) is 2.33. The van der Waals surface area contributed by atoms with E-state index in [1.165, 1.54) is 5.56 Å². The number of carboxylic acids is 1. The molecule has 4 aromatic carbocycles. The van der Waals surface area contributed by atoms with Gasteiger partial charge in [-0.1, -0.05) is 66.7 Å². The largest absolute Gasteiger partial charge is 0.474 e. The highest BCUT2D eigenvalue weighted by Gasteiger charge is 2.33. The van der Waals surface area contributed by atoms with Crippen LogP contribution in [0.1, 0.15) is 51.0 Å². The number of amides is 2. The average molecular weight is 535 g/mol. The van der Waals surface area contributed by atoms with Crippen LogP contribution in [-0.2, 0) is 22.4 Å². The number of carboxylic acid groups (broad SMARTS) is 1. The van der Waals surface area contributed by atoms with Crippen LogP contribution in [0.2, 0.25) is 0 Å². The maximum Gasteiger partial charge on any atom is 0.394 e. The third-order valence-electron chi connectivity index (χ3n) is 7.20. The van der Waals surface area contributed by atoms with E-state index in [9.17, 15) is 19.5 Å². The van der Waals surface area contributed by atoms with Crippen molar-refractivity contribution in [3.8, 4) is 11.5 Å². The smallest absolute Gasteiger partial charge is 0.394 e. The molecule has 7 nitrogen and oxygen atoms in total. The Morgan fingerprint density at radius 2 is 1.50 bits per heavy atom. The summed E-state index contributed by atoms with van der Waals surface area (Å²) < 4.78 is 5.82. The van der Waals surface area contributed by atoms with Crippen molar-refractivity contribution in [1.29, 1.82) is 0 Å². The van der Waals surface area contributed by atoms with Gasteiger partial charge in [0.1, 0.15) is 11.5 Å². The first-order chi connectivity index (χ1) is 19.5. The van der Waals surface area contributed by atoms with Crippen LogP contribution in [0, 0.1) is 0 Å². The quantitative estimate of drug-likeness (QED) is 0.249. The van der Waals surface area contributed by atoms with E-state index in [1.54, 1.807) is 24.3 Å². The minimum atomic E-state index is -1.52. The number of para-hydroxylation sites is 1. The fourth-order valence-electron chi connectivity index (χ4n) is 5.17. The summed E-state index contributed by atoms with van der Waals surface area (Å²) in [6.45, 7) is 0.468. The molecule has 1 aliphatic carbocycles. The van der Waals surface area contributed by atoms with Gasteiger partial charge in [0.05, 0.1) is 6.04 Å². The highest BCUT2D eigenvalue weighted by Crippen LogP contribution is 2.41. The Morgan fingerprint density at radius 3 is 2.23 bits per heavy atom. The number of fused-ring (bicyclic) bond motifs is 1. The average Bonchev–Trinajstić information content (AvgIpc) is 3.41. The highest BCUT2D eigenvalue weighted by atomic mass is 16.5. The van der Waals surface area contributed by atoms with Gasteiger partial charge in [-0.3, -0.25) is 9.59 Å². The maximum absolute atomic E-state index is 12.8. The lowest BCUT2D eigenvalue weighted by Crippen LogP contribution is -2.36. The van der Waals surface area contributed by atoms with Crippen LogP contribution in [0.15, 0.2) is 103 Å². The van der Waals surface area contributed by atoms with Crippen molar-refractivity contribution in [3.05, 3.63) is 131 Å². The first kappa shape index (κ1) is 26.7. The topological polar surface area (TPSA) is 105 Å². The van der Waals surface area contributed by atoms with Crippen LogP contribution in [0.3, 0.4) is 0 Å². The first-order valence-corrected chi connectivity index (χ1v) is 13.3. The van der Waals surface area contributed by atoms with Gasteiger partial charge >= 0.3 is 11.9 Å². The van der Waals surface area contributed by atoms with Gasteiger partial charge in [-0.05, 0) is 77.9 Å². The van der Waals surface area contributed by atoms with Crippen molar-refractivity contribution in [2.45, 2.75) is 31.2 Å². The number of aryl methyl sites for hydroxylation is 1. The van der Waals surface area contributed by atoms with E-state index in [-0.39, 0.29) is 11.8 Å². The van der Waals surface area contributed by atoms with Crippen LogP contribution in [0.4, 0.5) is 0 Å². The van der Waals surface area contributed by atoms with Crippen molar-refractivity contribution in [3.63, 3.8) is 0 Å². The van der Waals surface area contributed by atoms with Crippen LogP contribution in [0.25, 0.3) is 0 Å². The summed E-state index contributed by atoms with van der Waals surface area (Å²) in [5, 5.41) is 14.8. The number of aliphatic carboxylic acids is 1. The van der Waals surface area contributed by atoms with Crippen molar-refractivity contribution in [2.24, 2.45) is 0 Å². The maximum atomic E-state index is 12.8. The lowest BCUT2D eigenvalue weighted by molar-refractivity contribution is -0.150. The standard InChI is InChI=1S/C33H30N2O5/c36-31(34-21-20-22-10-17-27(18-11-22)40-26-7-2-1-3-8-26)25-14-12-24(13-15-25)30(35-32(37)33(38)39)29-19-16-23-6-4-5-9-28(23)29/h1-15,17-18,29-30H,16,19-21H2,(H,34,36)(H,35,37)(H,38,39). The number of carbonyl (C=O) groups is 3. The zero-order valence-electron chi connectivity index (χ0n) is 21.9. The molecule has 2 amide bonds. The fraction of sp³-hybridized carbons (Fsp3) is 0.182. The molecule has 40 heavy (non-hydrogen) atoms. The number of carbonyl (C=O) groups excluding carboxylic acids is 2. The van der Waals surface area contributed by atoms with Gasteiger partial charge in [0, 0.05) is 18.0 Å². The van der Waals surface area contributed by atoms with Crippen LogP contribution < -0.4 is 15.4 Å². The molecule has 0 heterocycles. The second kappa shape index (κ2) is 12.3. The zero-order valence-corrected chi connectivity index (χ0v) is 21.9. The predicted octanol–water partition coefficient (Wildman–Crippen LogP) is 5.42. The van der Waals surface area contributed by atoms with Crippen molar-refractivity contribution < 1.29 is 24.2 Å². The molecule has 5 rings (SSSR count). The van der Waals surface area contributed by atoms with Gasteiger partial charge in [-0.25, -0.2) is 4.79 Å². The lowest BCUT2D eigenvalue weighted by Gasteiger charge is -2.26. The molecule has 7 heteroatoms. The van der Waals surface area contributed by atoms with Gasteiger partial charge in [0.2, 0.25) is 0 Å². The Hall–Kier alpha value is -4.91. The number of benzene rings is 4. The molecule has 0 radical (unpaired) electrons. The molecule has 0 saturated carbocycles. The van der Waals surface area contributed by atoms with Crippen molar-refractivity contribution in [1.82, 2.24) is 10.6 Å². The molecule has 3 N–H and O–H groups in total. The Bertz CT molecular complexity index is 1480. The van der Waals surface area contributed by atoms with Crippen LogP contribution in [0.5, 0.6) is 11.5 Å². The summed E-state index contributed by atoms with van der Waals surface area (Å²) in [6, 6.07) is 31.8. The first-order valence-electron chi connectivity index (χ1n) is 13.3. The molecule has 2 atom stereocenters. The summed E-state index contributed by atoms with van der Waals surface area (Å²) in [7, 11) is 0. The normalized spacial score (nSPS) is 14.6. The predicted molar refractivity (Wildman–Crippen MR) is 151 cm³/mol. The number of nitrogens with one attached hydrogen (secondary N) is 2. The monoisotopic (exact) mass is 534 g/mol. The number of hydrogen-bond acceptors (Lipinski definition) is 4. The van der Waals surface area contributed by atoms with Crippen LogP contribution >= 0.6 is 0 Å². The van der Waals surface area contributed by atoms with Gasteiger partial charge < -0.3 is 20.5 Å². The lowest BCUT2D eigenvalue weighted by atomic mass is 9.87. The van der Waals surface area contributed by atoms with E-state index in [2.05, 4.69) is 16.7 Å². The summed E-state index contributed by atoms with van der Waals surface area (Å²) in [5.41, 5.74) is 4.64. The van der Waals surface area contributed by atoms with E-state index in [4.69, 9.17) is 4.74 Å². The summed E-state index contributed by atoms with van der Waals surface area (Å²) >= 11 is 0. The molecule has 0 saturated heterocycles. The minimum Gasteiger partial charge on any atom is -0.474 e. The molecular formula is C33H30N2O5. The molecule has 2 unspecified atom stereocenters. The third kappa shape index (κ3) is 6.38. The minimum absolute atomic E-state index is 0.0522. The Balaban J connectivity index is 1.19. The van der Waals surface area contributed by atoms with Crippen molar-refractivity contribution in [2.75, 3.05) is 6.54 Å². The van der Waals surface area contributed by atoms with Gasteiger partial charge in [0.25, 0.3) is 5.91 Å². The highest BCUT2D eigenvalue weighted by molar-refractivity contribution is 6.31. The number of ether oxygens (including phenoxy) is 1. The second-order valence-corrected chi connectivity index (χ2v) is 9.79. The molecule has 4 aromatic rings. The van der Waals surface area contributed by atoms with Crippen LogP contribution in [-0.4, -0.2) is 29.4 Å². The van der Waals surface area contributed by atoms with E-state index in [1.807, 2.05) is 72.8 Å².